The molecule has 0 fully saturated rings. The number of ether oxygens (including phenoxy) is 1. The van der Waals surface area contributed by atoms with E-state index in [9.17, 15) is 4.79 Å². The van der Waals surface area contributed by atoms with E-state index >= 15 is 0 Å². The van der Waals surface area contributed by atoms with Gasteiger partial charge in [-0.3, -0.25) is 5.32 Å². The Balaban J connectivity index is 0.000000299. The highest BCUT2D eigenvalue weighted by Crippen LogP contribution is 2.22. The summed E-state index contributed by atoms with van der Waals surface area (Å²) in [5.74, 6) is 0. The summed E-state index contributed by atoms with van der Waals surface area (Å²) < 4.78 is 7.51. The summed E-state index contributed by atoms with van der Waals surface area (Å²) in [6.07, 6.45) is 2.65. The molecule has 25 heavy (non-hydrogen) atoms. The summed E-state index contributed by atoms with van der Waals surface area (Å²) >= 11 is 0. The largest absolute Gasteiger partial charge is 0.465 e. The zero-order valence-electron chi connectivity index (χ0n) is 15.8. The van der Waals surface area contributed by atoms with Crippen molar-refractivity contribution >= 4 is 17.5 Å². The minimum absolute atomic E-state index is 0.0156. The lowest BCUT2D eigenvalue weighted by molar-refractivity contribution is -0.102. The Morgan fingerprint density at radius 1 is 1.08 bits per heavy atom. The number of nitrogens with two attached hydrogens (primary N) is 1. The second kappa shape index (κ2) is 8.07. The molecule has 0 aliphatic carbocycles. The second-order valence-electron chi connectivity index (χ2n) is 7.62. The van der Waals surface area contributed by atoms with Crippen LogP contribution in [0.5, 0.6) is 0 Å². The zero-order chi connectivity index (χ0) is 19.3. The van der Waals surface area contributed by atoms with E-state index < -0.39 is 6.09 Å². The van der Waals surface area contributed by atoms with Gasteiger partial charge in [-0.25, -0.2) is 4.79 Å². The Morgan fingerprint density at radius 2 is 1.60 bits per heavy atom. The first-order valence-electron chi connectivity index (χ1n) is 8.10. The fourth-order valence-corrected chi connectivity index (χ4v) is 2.36. The fourth-order valence-electron chi connectivity index (χ4n) is 2.36. The molecule has 6 nitrogen and oxygen atoms in total. The van der Waals surface area contributed by atoms with Crippen LogP contribution in [0.3, 0.4) is 0 Å². The van der Waals surface area contributed by atoms with Gasteiger partial charge in [0.2, 0.25) is 0 Å². The number of aromatic nitrogens is 1. The lowest BCUT2D eigenvalue weighted by Crippen LogP contribution is -2.31. The number of hydrogen-bond donors (Lipinski definition) is 3. The first-order valence-corrected chi connectivity index (χ1v) is 8.10. The van der Waals surface area contributed by atoms with Crippen LogP contribution in [0.25, 0.3) is 5.69 Å². The number of amides is 1. The van der Waals surface area contributed by atoms with Gasteiger partial charge in [0.1, 0.15) is 0 Å². The lowest BCUT2D eigenvalue weighted by atomic mass is 10.1. The van der Waals surface area contributed by atoms with Gasteiger partial charge in [-0.2, -0.15) is 0 Å². The Morgan fingerprint density at radius 3 is 1.96 bits per heavy atom. The van der Waals surface area contributed by atoms with E-state index in [0.29, 0.717) is 11.4 Å². The maximum absolute atomic E-state index is 10.5. The van der Waals surface area contributed by atoms with Gasteiger partial charge < -0.3 is 20.1 Å². The number of nitrogens with one attached hydrogen (secondary N) is 1. The fraction of sp³-hybridized carbons (Fsp3) is 0.421. The first-order chi connectivity index (χ1) is 11.4. The molecule has 0 atom stereocenters. The molecule has 0 saturated carbocycles. The Kier molecular flexibility index (Phi) is 6.64. The van der Waals surface area contributed by atoms with Crippen molar-refractivity contribution < 1.29 is 14.6 Å². The van der Waals surface area contributed by atoms with E-state index in [-0.39, 0.29) is 11.2 Å². The molecule has 2 rings (SSSR count). The van der Waals surface area contributed by atoms with Gasteiger partial charge in [-0.15, -0.1) is 0 Å². The quantitative estimate of drug-likeness (QED) is 0.684. The smallest absolute Gasteiger partial charge is 0.409 e. The molecule has 0 radical (unpaired) electrons. The van der Waals surface area contributed by atoms with Gasteiger partial charge >= 0.3 is 6.09 Å². The van der Waals surface area contributed by atoms with Crippen LogP contribution >= 0.6 is 0 Å². The zero-order valence-corrected chi connectivity index (χ0v) is 15.8. The van der Waals surface area contributed by atoms with E-state index in [0.717, 1.165) is 5.69 Å². The van der Waals surface area contributed by atoms with Crippen molar-refractivity contribution in [1.29, 1.82) is 0 Å². The van der Waals surface area contributed by atoms with Crippen molar-refractivity contribution in [2.45, 2.75) is 52.7 Å². The van der Waals surface area contributed by atoms with Crippen LogP contribution in [0.4, 0.5) is 16.2 Å². The van der Waals surface area contributed by atoms with Crippen LogP contribution in [0.2, 0.25) is 0 Å². The summed E-state index contributed by atoms with van der Waals surface area (Å²) in [4.78, 5) is 10.5. The van der Waals surface area contributed by atoms with Gasteiger partial charge in [0, 0.05) is 18.1 Å². The van der Waals surface area contributed by atoms with Crippen LogP contribution in [0.1, 0.15) is 41.5 Å². The number of carbonyl (C=O) groups is 1. The predicted octanol–water partition coefficient (Wildman–Crippen LogP) is 4.75. The monoisotopic (exact) mass is 347 g/mol. The summed E-state index contributed by atoms with van der Waals surface area (Å²) in [6, 6.07) is 8.95. The second-order valence-corrected chi connectivity index (χ2v) is 7.62. The standard InChI is InChI=1S/C11H11N3O2.C8H18O/c12-9-7-8(14-5-1-2-6-14)3-4-10(9)13-11(15)16;1-7(2,3)9-8(4,5)6/h1-7,13H,12H2,(H,15,16);1-6H3. The normalized spacial score (nSPS) is 11.4. The molecule has 138 valence electrons. The average molecular weight is 347 g/mol. The van der Waals surface area contributed by atoms with Gasteiger partial charge in [0.25, 0.3) is 0 Å². The summed E-state index contributed by atoms with van der Waals surface area (Å²) in [6.45, 7) is 12.4. The number of hydrogen-bond acceptors (Lipinski definition) is 3. The molecule has 4 N–H and O–H groups in total. The van der Waals surface area contributed by atoms with Crippen molar-refractivity contribution in [3.63, 3.8) is 0 Å². The maximum Gasteiger partial charge on any atom is 0.409 e. The van der Waals surface area contributed by atoms with Crippen LogP contribution in [0, 0.1) is 0 Å². The topological polar surface area (TPSA) is 89.5 Å². The van der Waals surface area contributed by atoms with Gasteiger partial charge in [0.05, 0.1) is 22.6 Å². The molecule has 1 aromatic carbocycles. The molecule has 0 spiro atoms. The molecule has 0 saturated heterocycles. The molecular weight excluding hydrogens is 318 g/mol. The molecule has 0 unspecified atom stereocenters. The van der Waals surface area contributed by atoms with E-state index in [1.54, 1.807) is 18.2 Å². The van der Waals surface area contributed by atoms with Gasteiger partial charge in [-0.05, 0) is 71.9 Å². The average Bonchev–Trinajstić information content (AvgIpc) is 2.91. The van der Waals surface area contributed by atoms with Crippen LogP contribution < -0.4 is 11.1 Å². The Labute approximate surface area is 149 Å². The Bertz CT molecular complexity index is 669. The van der Waals surface area contributed by atoms with E-state index in [1.807, 2.05) is 29.1 Å². The molecule has 1 heterocycles. The van der Waals surface area contributed by atoms with Crippen LogP contribution in [-0.4, -0.2) is 27.0 Å². The number of anilines is 2. The molecule has 1 aromatic heterocycles. The Hall–Kier alpha value is -2.47. The van der Waals surface area contributed by atoms with Crippen molar-refractivity contribution in [2.75, 3.05) is 11.1 Å². The maximum atomic E-state index is 10.5. The molecular formula is C19H29N3O3. The van der Waals surface area contributed by atoms with Gasteiger partial charge in [-0.1, -0.05) is 0 Å². The third kappa shape index (κ3) is 8.26. The van der Waals surface area contributed by atoms with E-state index in [2.05, 4.69) is 46.9 Å². The van der Waals surface area contributed by atoms with Crippen molar-refractivity contribution in [2.24, 2.45) is 0 Å². The van der Waals surface area contributed by atoms with Crippen molar-refractivity contribution in [1.82, 2.24) is 4.57 Å². The number of nitrogens with zero attached hydrogens (tertiary/aromatic N) is 1. The lowest BCUT2D eigenvalue weighted by Gasteiger charge is -2.30. The van der Waals surface area contributed by atoms with Crippen LogP contribution in [0.15, 0.2) is 42.7 Å². The SMILES string of the molecule is CC(C)(C)OC(C)(C)C.Nc1cc(-n2cccc2)ccc1NC(=O)O. The van der Waals surface area contributed by atoms with Crippen molar-refractivity contribution in [3.05, 3.63) is 42.7 Å². The highest BCUT2D eigenvalue weighted by molar-refractivity contribution is 5.88. The van der Waals surface area contributed by atoms with Crippen molar-refractivity contribution in [3.8, 4) is 5.69 Å². The molecule has 0 bridgehead atoms. The number of benzene rings is 1. The summed E-state index contributed by atoms with van der Waals surface area (Å²) in [5.41, 5.74) is 7.38. The first kappa shape index (κ1) is 20.6. The predicted molar refractivity (Wildman–Crippen MR) is 102 cm³/mol. The summed E-state index contributed by atoms with van der Waals surface area (Å²) in [5, 5.41) is 10.8. The molecule has 2 aromatic rings. The van der Waals surface area contributed by atoms with E-state index in [4.69, 9.17) is 15.6 Å². The molecule has 0 aliphatic rings. The number of nitrogen functional groups attached to an aromatic ring is 1. The van der Waals surface area contributed by atoms with E-state index in [1.165, 1.54) is 0 Å². The highest BCUT2D eigenvalue weighted by atomic mass is 16.5. The molecule has 1 amide bonds. The number of carboxylic acid groups (broad SMARTS) is 1. The third-order valence-corrected chi connectivity index (χ3v) is 2.79. The third-order valence-electron chi connectivity index (χ3n) is 2.79. The minimum Gasteiger partial charge on any atom is -0.465 e. The molecule has 0 aliphatic heterocycles. The van der Waals surface area contributed by atoms with Crippen LogP contribution in [-0.2, 0) is 4.74 Å². The minimum atomic E-state index is -1.12. The summed E-state index contributed by atoms with van der Waals surface area (Å²) in [7, 11) is 0. The molecule has 6 heteroatoms. The highest BCUT2D eigenvalue weighted by Gasteiger charge is 2.19. The van der Waals surface area contributed by atoms with Gasteiger partial charge in [0.15, 0.2) is 0 Å². The number of rotatable bonds is 2.